The highest BCUT2D eigenvalue weighted by Gasteiger charge is 2.14. The first-order valence-electron chi connectivity index (χ1n) is 5.91. The summed E-state index contributed by atoms with van der Waals surface area (Å²) in [6, 6.07) is 9.98. The molecule has 0 radical (unpaired) electrons. The molecule has 0 saturated heterocycles. The fraction of sp³-hybridized carbons (Fsp3) is 0.0769. The van der Waals surface area contributed by atoms with Gasteiger partial charge in [0.1, 0.15) is 11.8 Å². The molecule has 3 rings (SSSR count). The SMILES string of the molecule is N#Cc1[nH]ncc1-c1nc(CSc2ccc(Br)cc2)no1. The molecule has 8 heteroatoms. The summed E-state index contributed by atoms with van der Waals surface area (Å²) in [7, 11) is 0. The van der Waals surface area contributed by atoms with Crippen LogP contribution in [0.2, 0.25) is 0 Å². The number of nitrogens with zero attached hydrogens (tertiary/aromatic N) is 4. The van der Waals surface area contributed by atoms with E-state index in [1.807, 2.05) is 30.3 Å². The summed E-state index contributed by atoms with van der Waals surface area (Å²) in [6.07, 6.45) is 1.50. The highest BCUT2D eigenvalue weighted by Crippen LogP contribution is 2.25. The molecular formula is C13H8BrN5OS. The van der Waals surface area contributed by atoms with Crippen molar-refractivity contribution in [2.24, 2.45) is 0 Å². The van der Waals surface area contributed by atoms with Crippen molar-refractivity contribution in [1.82, 2.24) is 20.3 Å². The minimum absolute atomic E-state index is 0.298. The monoisotopic (exact) mass is 361 g/mol. The number of rotatable bonds is 4. The van der Waals surface area contributed by atoms with E-state index >= 15 is 0 Å². The predicted octanol–water partition coefficient (Wildman–Crippen LogP) is 3.39. The van der Waals surface area contributed by atoms with Crippen molar-refractivity contribution in [2.45, 2.75) is 10.6 Å². The van der Waals surface area contributed by atoms with Crippen molar-refractivity contribution in [2.75, 3.05) is 0 Å². The minimum Gasteiger partial charge on any atom is -0.334 e. The Bertz CT molecular complexity index is 790. The number of benzene rings is 1. The van der Waals surface area contributed by atoms with Gasteiger partial charge in [-0.15, -0.1) is 11.8 Å². The Balaban J connectivity index is 1.71. The normalized spacial score (nSPS) is 10.5. The molecule has 0 fully saturated rings. The van der Waals surface area contributed by atoms with Gasteiger partial charge in [0.15, 0.2) is 5.82 Å². The zero-order chi connectivity index (χ0) is 14.7. The molecule has 0 unspecified atom stereocenters. The van der Waals surface area contributed by atoms with E-state index in [4.69, 9.17) is 9.78 Å². The lowest BCUT2D eigenvalue weighted by atomic mass is 10.2. The van der Waals surface area contributed by atoms with Crippen molar-refractivity contribution in [3.05, 3.63) is 46.5 Å². The van der Waals surface area contributed by atoms with E-state index in [1.54, 1.807) is 11.8 Å². The maximum Gasteiger partial charge on any atom is 0.262 e. The van der Waals surface area contributed by atoms with Gasteiger partial charge in [-0.1, -0.05) is 21.1 Å². The molecule has 1 aromatic carbocycles. The Morgan fingerprint density at radius 2 is 2.14 bits per heavy atom. The molecule has 0 atom stereocenters. The molecule has 2 heterocycles. The van der Waals surface area contributed by atoms with Gasteiger partial charge in [0, 0.05) is 9.37 Å². The summed E-state index contributed by atoms with van der Waals surface area (Å²) < 4.78 is 6.21. The van der Waals surface area contributed by atoms with Crippen LogP contribution in [-0.4, -0.2) is 20.3 Å². The first-order valence-corrected chi connectivity index (χ1v) is 7.69. The molecule has 0 aliphatic rings. The van der Waals surface area contributed by atoms with E-state index in [9.17, 15) is 0 Å². The summed E-state index contributed by atoms with van der Waals surface area (Å²) >= 11 is 5.00. The van der Waals surface area contributed by atoms with Gasteiger partial charge in [-0.2, -0.15) is 15.3 Å². The van der Waals surface area contributed by atoms with Crippen LogP contribution >= 0.6 is 27.7 Å². The molecule has 21 heavy (non-hydrogen) atoms. The van der Waals surface area contributed by atoms with Crippen molar-refractivity contribution in [3.63, 3.8) is 0 Å². The van der Waals surface area contributed by atoms with Gasteiger partial charge in [0.05, 0.1) is 17.5 Å². The average Bonchev–Trinajstić information content (AvgIpc) is 3.15. The number of nitrogens with one attached hydrogen (secondary N) is 1. The zero-order valence-electron chi connectivity index (χ0n) is 10.6. The number of aromatic nitrogens is 4. The lowest BCUT2D eigenvalue weighted by molar-refractivity contribution is 0.425. The molecular weight excluding hydrogens is 354 g/mol. The van der Waals surface area contributed by atoms with E-state index < -0.39 is 0 Å². The summed E-state index contributed by atoms with van der Waals surface area (Å²) in [5.41, 5.74) is 0.829. The largest absolute Gasteiger partial charge is 0.334 e. The Kier molecular flexibility index (Phi) is 4.03. The Hall–Kier alpha value is -2.11. The van der Waals surface area contributed by atoms with Gasteiger partial charge in [0.2, 0.25) is 0 Å². The zero-order valence-corrected chi connectivity index (χ0v) is 13.0. The van der Waals surface area contributed by atoms with Crippen LogP contribution in [0, 0.1) is 11.3 Å². The van der Waals surface area contributed by atoms with E-state index in [1.165, 1.54) is 6.20 Å². The molecule has 104 valence electrons. The molecule has 3 aromatic rings. The summed E-state index contributed by atoms with van der Waals surface area (Å²) in [5, 5.41) is 19.2. The van der Waals surface area contributed by atoms with E-state index in [2.05, 4.69) is 36.3 Å². The lowest BCUT2D eigenvalue weighted by Gasteiger charge is -1.97. The molecule has 0 aliphatic heterocycles. The fourth-order valence-electron chi connectivity index (χ4n) is 1.63. The molecule has 2 aromatic heterocycles. The van der Waals surface area contributed by atoms with Crippen LogP contribution in [-0.2, 0) is 5.75 Å². The van der Waals surface area contributed by atoms with E-state index in [0.717, 1.165) is 9.37 Å². The lowest BCUT2D eigenvalue weighted by Crippen LogP contribution is -1.85. The van der Waals surface area contributed by atoms with Crippen molar-refractivity contribution < 1.29 is 4.52 Å². The van der Waals surface area contributed by atoms with Crippen LogP contribution in [0.25, 0.3) is 11.5 Å². The highest BCUT2D eigenvalue weighted by molar-refractivity contribution is 9.10. The minimum atomic E-state index is 0.298. The number of halogens is 1. The third-order valence-electron chi connectivity index (χ3n) is 2.63. The predicted molar refractivity (Wildman–Crippen MR) is 80.3 cm³/mol. The summed E-state index contributed by atoms with van der Waals surface area (Å²) in [5.74, 6) is 1.46. The topological polar surface area (TPSA) is 91.4 Å². The van der Waals surface area contributed by atoms with Crippen LogP contribution in [0.4, 0.5) is 0 Å². The van der Waals surface area contributed by atoms with E-state index in [-0.39, 0.29) is 0 Å². The van der Waals surface area contributed by atoms with Crippen LogP contribution in [0.5, 0.6) is 0 Å². The number of aromatic amines is 1. The summed E-state index contributed by atoms with van der Waals surface area (Å²) in [6.45, 7) is 0. The van der Waals surface area contributed by atoms with Crippen molar-refractivity contribution in [3.8, 4) is 17.5 Å². The number of hydrogen-bond donors (Lipinski definition) is 1. The van der Waals surface area contributed by atoms with Crippen LogP contribution in [0.15, 0.2) is 44.4 Å². The number of thioether (sulfide) groups is 1. The van der Waals surface area contributed by atoms with Crippen molar-refractivity contribution >= 4 is 27.7 Å². The van der Waals surface area contributed by atoms with Crippen molar-refractivity contribution in [1.29, 1.82) is 5.26 Å². The average molecular weight is 362 g/mol. The smallest absolute Gasteiger partial charge is 0.262 e. The number of hydrogen-bond acceptors (Lipinski definition) is 6. The van der Waals surface area contributed by atoms with Crippen LogP contribution < -0.4 is 0 Å². The number of H-pyrrole nitrogens is 1. The van der Waals surface area contributed by atoms with Gasteiger partial charge in [-0.3, -0.25) is 5.10 Å². The van der Waals surface area contributed by atoms with Gasteiger partial charge in [-0.05, 0) is 24.3 Å². The number of nitriles is 1. The molecule has 0 aliphatic carbocycles. The van der Waals surface area contributed by atoms with Gasteiger partial charge >= 0.3 is 0 Å². The van der Waals surface area contributed by atoms with Gasteiger partial charge in [0.25, 0.3) is 5.89 Å². The first-order chi connectivity index (χ1) is 10.3. The third-order valence-corrected chi connectivity index (χ3v) is 4.17. The second-order valence-electron chi connectivity index (χ2n) is 4.03. The van der Waals surface area contributed by atoms with Gasteiger partial charge < -0.3 is 4.52 Å². The second-order valence-corrected chi connectivity index (χ2v) is 5.99. The standard InChI is InChI=1S/C13H8BrN5OS/c14-8-1-3-9(4-2-8)21-7-12-17-13(20-19-12)10-6-16-18-11(10)5-15/h1-4,6H,7H2,(H,16,18). The Morgan fingerprint density at radius 3 is 2.90 bits per heavy atom. The second kappa shape index (κ2) is 6.11. The third kappa shape index (κ3) is 3.15. The molecule has 1 N–H and O–H groups in total. The van der Waals surface area contributed by atoms with E-state index in [0.29, 0.717) is 28.7 Å². The summed E-state index contributed by atoms with van der Waals surface area (Å²) in [4.78, 5) is 5.39. The molecule has 0 saturated carbocycles. The molecule has 0 spiro atoms. The maximum atomic E-state index is 8.93. The Labute approximate surface area is 132 Å². The quantitative estimate of drug-likeness (QED) is 0.716. The Morgan fingerprint density at radius 1 is 1.33 bits per heavy atom. The van der Waals surface area contributed by atoms with Crippen LogP contribution in [0.3, 0.4) is 0 Å². The van der Waals surface area contributed by atoms with Gasteiger partial charge in [-0.25, -0.2) is 0 Å². The molecule has 0 amide bonds. The fourth-order valence-corrected chi connectivity index (χ4v) is 2.64. The maximum absolute atomic E-state index is 8.93. The highest BCUT2D eigenvalue weighted by atomic mass is 79.9. The first kappa shape index (κ1) is 13.9. The molecule has 0 bridgehead atoms. The van der Waals surface area contributed by atoms with Crippen LogP contribution in [0.1, 0.15) is 11.5 Å². The molecule has 6 nitrogen and oxygen atoms in total.